The third kappa shape index (κ3) is 3.93. The molecular weight excluding hydrogens is 444 g/mol. The van der Waals surface area contributed by atoms with Crippen molar-refractivity contribution in [2.75, 3.05) is 19.8 Å². The molecule has 0 unspecified atom stereocenters. The Labute approximate surface area is 203 Å². The highest BCUT2D eigenvalue weighted by Gasteiger charge is 2.54. The number of amides is 3. The number of benzene rings is 3. The van der Waals surface area contributed by atoms with Gasteiger partial charge in [0.1, 0.15) is 0 Å². The molecular formula is C28H26N2O5. The van der Waals surface area contributed by atoms with Gasteiger partial charge in [-0.15, -0.1) is 0 Å². The zero-order valence-corrected chi connectivity index (χ0v) is 19.7. The molecule has 2 aliphatic rings. The lowest BCUT2D eigenvalue weighted by atomic mass is 9.81. The largest absolute Gasteiger partial charge is 0.490 e. The number of urea groups is 1. The lowest BCUT2D eigenvalue weighted by Crippen LogP contribution is -2.45. The van der Waals surface area contributed by atoms with Crippen LogP contribution in [0.2, 0.25) is 0 Å². The van der Waals surface area contributed by atoms with Gasteiger partial charge in [0.25, 0.3) is 5.91 Å². The second-order valence-corrected chi connectivity index (χ2v) is 8.87. The Bertz CT molecular complexity index is 1320. The number of ether oxygens (including phenoxy) is 2. The van der Waals surface area contributed by atoms with Crippen molar-refractivity contribution in [3.05, 3.63) is 94.5 Å². The van der Waals surface area contributed by atoms with Crippen LogP contribution in [0.25, 0.3) is 0 Å². The first-order chi connectivity index (χ1) is 16.9. The van der Waals surface area contributed by atoms with Gasteiger partial charge in [0.15, 0.2) is 22.8 Å². The van der Waals surface area contributed by atoms with Crippen LogP contribution in [0, 0.1) is 13.8 Å². The lowest BCUT2D eigenvalue weighted by molar-refractivity contribution is -0.129. The number of rotatable bonds is 5. The molecule has 0 saturated carbocycles. The summed E-state index contributed by atoms with van der Waals surface area (Å²) in [6, 6.07) is 19.1. The SMILES string of the molecule is Cc1ccc([C@@]2(c3ccccc3)NC(=O)N(CC(=O)c3ccc4c(c3)OCCCO4)C2=O)cc1C. The van der Waals surface area contributed by atoms with Gasteiger partial charge in [-0.05, 0) is 54.3 Å². The molecule has 3 amide bonds. The maximum atomic E-state index is 13.9. The van der Waals surface area contributed by atoms with Crippen molar-refractivity contribution >= 4 is 17.7 Å². The quantitative estimate of drug-likeness (QED) is 0.448. The number of hydrogen-bond donors (Lipinski definition) is 1. The van der Waals surface area contributed by atoms with E-state index in [4.69, 9.17) is 9.47 Å². The van der Waals surface area contributed by atoms with Crippen molar-refractivity contribution in [2.45, 2.75) is 25.8 Å². The number of fused-ring (bicyclic) bond motifs is 1. The predicted molar refractivity (Wildman–Crippen MR) is 130 cm³/mol. The van der Waals surface area contributed by atoms with Crippen LogP contribution in [0.15, 0.2) is 66.7 Å². The fourth-order valence-corrected chi connectivity index (χ4v) is 4.51. The van der Waals surface area contributed by atoms with Gasteiger partial charge >= 0.3 is 6.03 Å². The van der Waals surface area contributed by atoms with Crippen molar-refractivity contribution in [3.63, 3.8) is 0 Å². The van der Waals surface area contributed by atoms with Gasteiger partial charge in [0.05, 0.1) is 19.8 Å². The minimum Gasteiger partial charge on any atom is -0.490 e. The van der Waals surface area contributed by atoms with Gasteiger partial charge in [0, 0.05) is 12.0 Å². The number of nitrogens with zero attached hydrogens (tertiary/aromatic N) is 1. The number of imide groups is 1. The first-order valence-electron chi connectivity index (χ1n) is 11.6. The Balaban J connectivity index is 1.49. The highest BCUT2D eigenvalue weighted by Crippen LogP contribution is 2.37. The fourth-order valence-electron chi connectivity index (χ4n) is 4.51. The average molecular weight is 471 g/mol. The molecule has 0 radical (unpaired) electrons. The predicted octanol–water partition coefficient (Wildman–Crippen LogP) is 4.14. The molecule has 7 nitrogen and oxygen atoms in total. The van der Waals surface area contributed by atoms with E-state index in [0.29, 0.717) is 41.4 Å². The maximum Gasteiger partial charge on any atom is 0.325 e. The number of carbonyl (C=O) groups is 3. The number of Topliss-reactive ketones (excluding diaryl/α,β-unsaturated/α-hetero) is 1. The van der Waals surface area contributed by atoms with E-state index in [1.165, 1.54) is 0 Å². The van der Waals surface area contributed by atoms with E-state index in [-0.39, 0.29) is 12.3 Å². The number of nitrogens with one attached hydrogen (secondary N) is 1. The van der Waals surface area contributed by atoms with Gasteiger partial charge in [-0.2, -0.15) is 0 Å². The molecule has 35 heavy (non-hydrogen) atoms. The van der Waals surface area contributed by atoms with E-state index in [1.807, 2.05) is 62.4 Å². The summed E-state index contributed by atoms with van der Waals surface area (Å²) in [6.07, 6.45) is 0.750. The monoisotopic (exact) mass is 470 g/mol. The fraction of sp³-hybridized carbons (Fsp3) is 0.250. The van der Waals surface area contributed by atoms with Gasteiger partial charge < -0.3 is 14.8 Å². The Hall–Kier alpha value is -4.13. The molecule has 3 aromatic carbocycles. The molecule has 0 bridgehead atoms. The molecule has 0 aliphatic carbocycles. The Kier molecular flexibility index (Phi) is 5.76. The number of aryl methyl sites for hydroxylation is 2. The molecule has 0 aromatic heterocycles. The van der Waals surface area contributed by atoms with Gasteiger partial charge in [-0.1, -0.05) is 48.5 Å². The third-order valence-electron chi connectivity index (χ3n) is 6.62. The van der Waals surface area contributed by atoms with Crippen LogP contribution in [0.4, 0.5) is 4.79 Å². The number of carbonyl (C=O) groups excluding carboxylic acids is 3. The molecule has 1 atom stereocenters. The zero-order valence-electron chi connectivity index (χ0n) is 19.7. The Morgan fingerprint density at radius 2 is 1.63 bits per heavy atom. The lowest BCUT2D eigenvalue weighted by Gasteiger charge is -2.28. The highest BCUT2D eigenvalue weighted by atomic mass is 16.5. The second kappa shape index (κ2) is 8.91. The molecule has 1 N–H and O–H groups in total. The highest BCUT2D eigenvalue weighted by molar-refractivity contribution is 6.13. The summed E-state index contributed by atoms with van der Waals surface area (Å²) < 4.78 is 11.3. The summed E-state index contributed by atoms with van der Waals surface area (Å²) in [7, 11) is 0. The summed E-state index contributed by atoms with van der Waals surface area (Å²) in [5, 5.41) is 2.90. The standard InChI is InChI=1S/C28H26N2O5/c1-18-9-11-22(15-19(18)2)28(21-7-4-3-5-8-21)26(32)30(27(33)29-28)17-23(31)20-10-12-24-25(16-20)35-14-6-13-34-24/h3-5,7-12,15-16H,6,13-14,17H2,1-2H3,(H,29,33)/t28-/m1/s1. The van der Waals surface area contributed by atoms with E-state index in [0.717, 1.165) is 22.4 Å². The smallest absolute Gasteiger partial charge is 0.325 e. The molecule has 0 spiro atoms. The van der Waals surface area contributed by atoms with Gasteiger partial charge in [-0.25, -0.2) is 4.79 Å². The second-order valence-electron chi connectivity index (χ2n) is 8.87. The maximum absolute atomic E-state index is 13.9. The van der Waals surface area contributed by atoms with Crippen molar-refractivity contribution in [1.29, 1.82) is 0 Å². The van der Waals surface area contributed by atoms with Gasteiger partial charge in [-0.3, -0.25) is 14.5 Å². The molecule has 1 fully saturated rings. The van der Waals surface area contributed by atoms with Crippen LogP contribution >= 0.6 is 0 Å². The van der Waals surface area contributed by atoms with Crippen molar-refractivity contribution in [3.8, 4) is 11.5 Å². The zero-order chi connectivity index (χ0) is 24.6. The van der Waals surface area contributed by atoms with E-state index in [9.17, 15) is 14.4 Å². The van der Waals surface area contributed by atoms with Crippen molar-refractivity contribution in [1.82, 2.24) is 10.2 Å². The summed E-state index contributed by atoms with van der Waals surface area (Å²) in [6.45, 7) is 4.60. The topological polar surface area (TPSA) is 84.9 Å². The van der Waals surface area contributed by atoms with Gasteiger partial charge in [0.2, 0.25) is 0 Å². The van der Waals surface area contributed by atoms with Crippen LogP contribution in [0.3, 0.4) is 0 Å². The summed E-state index contributed by atoms with van der Waals surface area (Å²) in [4.78, 5) is 41.2. The molecule has 2 heterocycles. The van der Waals surface area contributed by atoms with E-state index in [2.05, 4.69) is 5.32 Å². The number of ketones is 1. The third-order valence-corrected chi connectivity index (χ3v) is 6.62. The van der Waals surface area contributed by atoms with E-state index in [1.54, 1.807) is 18.2 Å². The Morgan fingerprint density at radius 3 is 2.37 bits per heavy atom. The number of hydrogen-bond acceptors (Lipinski definition) is 5. The average Bonchev–Trinajstić information content (AvgIpc) is 3.01. The van der Waals surface area contributed by atoms with Crippen LogP contribution in [0.1, 0.15) is 39.0 Å². The summed E-state index contributed by atoms with van der Waals surface area (Å²) >= 11 is 0. The first-order valence-corrected chi connectivity index (χ1v) is 11.6. The van der Waals surface area contributed by atoms with Crippen LogP contribution < -0.4 is 14.8 Å². The Morgan fingerprint density at radius 1 is 0.886 bits per heavy atom. The van der Waals surface area contributed by atoms with Crippen molar-refractivity contribution < 1.29 is 23.9 Å². The van der Waals surface area contributed by atoms with Crippen LogP contribution in [-0.4, -0.2) is 42.4 Å². The summed E-state index contributed by atoms with van der Waals surface area (Å²) in [5.41, 5.74) is 2.29. The molecule has 5 rings (SSSR count). The molecule has 3 aromatic rings. The van der Waals surface area contributed by atoms with Crippen LogP contribution in [-0.2, 0) is 10.3 Å². The normalized spacial score (nSPS) is 19.3. The molecule has 2 aliphatic heterocycles. The van der Waals surface area contributed by atoms with Crippen molar-refractivity contribution in [2.24, 2.45) is 0 Å². The van der Waals surface area contributed by atoms with Crippen LogP contribution in [0.5, 0.6) is 11.5 Å². The minimum atomic E-state index is -1.41. The first kappa shape index (κ1) is 22.7. The van der Waals surface area contributed by atoms with E-state index < -0.39 is 17.5 Å². The van der Waals surface area contributed by atoms with E-state index >= 15 is 0 Å². The molecule has 1 saturated heterocycles. The molecule has 178 valence electrons. The minimum absolute atomic E-state index is 0.346. The summed E-state index contributed by atoms with van der Waals surface area (Å²) in [5.74, 6) is 0.207. The molecule has 7 heteroatoms.